The highest BCUT2D eigenvalue weighted by atomic mass is 16.5. The van der Waals surface area contributed by atoms with Crippen LogP contribution in [-0.2, 0) is 0 Å². The lowest BCUT2D eigenvalue weighted by atomic mass is 9.57. The quantitative estimate of drug-likeness (QED) is 0.892. The first-order chi connectivity index (χ1) is 9.77. The first kappa shape index (κ1) is 13.6. The number of ether oxygens (including phenoxy) is 2. The van der Waals surface area contributed by atoms with Gasteiger partial charge in [0.15, 0.2) is 0 Å². The molecule has 3 heteroatoms. The fraction of sp³-hybridized carbons (Fsp3) is 0.647. The highest BCUT2D eigenvalue weighted by Crippen LogP contribution is 2.53. The molecule has 0 aromatic heterocycles. The van der Waals surface area contributed by atoms with Crippen molar-refractivity contribution >= 4 is 5.69 Å². The Morgan fingerprint density at radius 3 is 2.45 bits per heavy atom. The van der Waals surface area contributed by atoms with E-state index in [1.807, 2.05) is 12.1 Å². The molecule has 0 radical (unpaired) electrons. The molecule has 2 saturated carbocycles. The van der Waals surface area contributed by atoms with Gasteiger partial charge in [-0.2, -0.15) is 0 Å². The number of nitrogens with one attached hydrogen (secondary N) is 1. The van der Waals surface area contributed by atoms with Crippen molar-refractivity contribution in [1.29, 1.82) is 0 Å². The Balaban J connectivity index is 1.74. The van der Waals surface area contributed by atoms with E-state index >= 15 is 0 Å². The third kappa shape index (κ3) is 2.34. The molecule has 1 atom stereocenters. The average Bonchev–Trinajstić information content (AvgIpc) is 2.52. The second-order valence-corrected chi connectivity index (χ2v) is 6.22. The predicted octanol–water partition coefficient (Wildman–Crippen LogP) is 4.23. The Morgan fingerprint density at radius 1 is 1.05 bits per heavy atom. The Morgan fingerprint density at radius 2 is 1.85 bits per heavy atom. The van der Waals surface area contributed by atoms with Crippen molar-refractivity contribution in [2.75, 3.05) is 19.5 Å². The number of hydrogen-bond donors (Lipinski definition) is 1. The number of benzene rings is 1. The normalized spacial score (nSPS) is 24.0. The SMILES string of the molecule is COc1ccc(NC2CCC23CCCCC3)c(OC)c1. The van der Waals surface area contributed by atoms with Crippen molar-refractivity contribution in [3.05, 3.63) is 18.2 Å². The van der Waals surface area contributed by atoms with Crippen LogP contribution in [-0.4, -0.2) is 20.3 Å². The molecular formula is C17H25NO2. The van der Waals surface area contributed by atoms with E-state index in [4.69, 9.17) is 9.47 Å². The Bertz CT molecular complexity index is 466. The molecule has 0 bridgehead atoms. The van der Waals surface area contributed by atoms with Gasteiger partial charge in [0.2, 0.25) is 0 Å². The summed E-state index contributed by atoms with van der Waals surface area (Å²) in [6, 6.07) is 6.64. The lowest BCUT2D eigenvalue weighted by Gasteiger charge is -2.52. The molecule has 2 aliphatic rings. The van der Waals surface area contributed by atoms with Crippen LogP contribution in [0.3, 0.4) is 0 Å². The maximum atomic E-state index is 5.49. The highest BCUT2D eigenvalue weighted by Gasteiger charge is 2.46. The van der Waals surface area contributed by atoms with E-state index in [-0.39, 0.29) is 0 Å². The molecule has 0 saturated heterocycles. The van der Waals surface area contributed by atoms with Crippen molar-refractivity contribution in [2.24, 2.45) is 5.41 Å². The summed E-state index contributed by atoms with van der Waals surface area (Å²) in [7, 11) is 3.40. The largest absolute Gasteiger partial charge is 0.497 e. The molecule has 3 rings (SSSR count). The summed E-state index contributed by atoms with van der Waals surface area (Å²) >= 11 is 0. The molecule has 3 nitrogen and oxygen atoms in total. The Kier molecular flexibility index (Phi) is 3.77. The average molecular weight is 275 g/mol. The van der Waals surface area contributed by atoms with Crippen molar-refractivity contribution in [3.8, 4) is 11.5 Å². The Labute approximate surface area is 121 Å². The number of rotatable bonds is 4. The van der Waals surface area contributed by atoms with Gasteiger partial charge in [-0.25, -0.2) is 0 Å². The summed E-state index contributed by atoms with van der Waals surface area (Å²) in [6.07, 6.45) is 9.68. The standard InChI is InChI=1S/C17H25NO2/c1-19-13-6-7-14(15(12-13)20-2)18-16-8-11-17(16)9-4-3-5-10-17/h6-7,12,16,18H,3-5,8-11H2,1-2H3. The van der Waals surface area contributed by atoms with Gasteiger partial charge in [-0.3, -0.25) is 0 Å². The van der Waals surface area contributed by atoms with E-state index in [9.17, 15) is 0 Å². The fourth-order valence-corrected chi connectivity index (χ4v) is 3.88. The van der Waals surface area contributed by atoms with Crippen LogP contribution >= 0.6 is 0 Å². The van der Waals surface area contributed by atoms with Gasteiger partial charge in [0.05, 0.1) is 19.9 Å². The zero-order chi connectivity index (χ0) is 14.0. The molecule has 0 heterocycles. The Hall–Kier alpha value is -1.38. The first-order valence-electron chi connectivity index (χ1n) is 7.76. The molecule has 2 aliphatic carbocycles. The van der Waals surface area contributed by atoms with Crippen LogP contribution in [0.5, 0.6) is 11.5 Å². The van der Waals surface area contributed by atoms with Gasteiger partial charge in [0, 0.05) is 12.1 Å². The van der Waals surface area contributed by atoms with Gasteiger partial charge >= 0.3 is 0 Å². The number of methoxy groups -OCH3 is 2. The molecule has 20 heavy (non-hydrogen) atoms. The van der Waals surface area contributed by atoms with Crippen LogP contribution in [0.15, 0.2) is 18.2 Å². The van der Waals surface area contributed by atoms with Crippen molar-refractivity contribution in [2.45, 2.75) is 51.0 Å². The van der Waals surface area contributed by atoms with Crippen LogP contribution in [0.4, 0.5) is 5.69 Å². The summed E-state index contributed by atoms with van der Waals surface area (Å²) in [6.45, 7) is 0. The third-order valence-electron chi connectivity index (χ3n) is 5.26. The molecule has 1 aromatic carbocycles. The molecule has 2 fully saturated rings. The predicted molar refractivity (Wildman–Crippen MR) is 81.7 cm³/mol. The van der Waals surface area contributed by atoms with Crippen LogP contribution < -0.4 is 14.8 Å². The molecule has 1 unspecified atom stereocenters. The van der Waals surface area contributed by atoms with Gasteiger partial charge in [-0.15, -0.1) is 0 Å². The van der Waals surface area contributed by atoms with Gasteiger partial charge in [0.25, 0.3) is 0 Å². The van der Waals surface area contributed by atoms with Gasteiger partial charge in [-0.05, 0) is 43.2 Å². The van der Waals surface area contributed by atoms with Gasteiger partial charge in [0.1, 0.15) is 11.5 Å². The fourth-order valence-electron chi connectivity index (χ4n) is 3.88. The lowest BCUT2D eigenvalue weighted by molar-refractivity contribution is 0.0570. The minimum atomic E-state index is 0.559. The topological polar surface area (TPSA) is 30.5 Å². The summed E-state index contributed by atoms with van der Waals surface area (Å²) in [5.41, 5.74) is 1.66. The summed E-state index contributed by atoms with van der Waals surface area (Å²) < 4.78 is 10.7. The van der Waals surface area contributed by atoms with Gasteiger partial charge < -0.3 is 14.8 Å². The van der Waals surface area contributed by atoms with E-state index in [1.54, 1.807) is 14.2 Å². The van der Waals surface area contributed by atoms with Crippen LogP contribution in [0.1, 0.15) is 44.9 Å². The van der Waals surface area contributed by atoms with Crippen molar-refractivity contribution in [3.63, 3.8) is 0 Å². The molecular weight excluding hydrogens is 250 g/mol. The minimum absolute atomic E-state index is 0.559. The second kappa shape index (κ2) is 5.55. The van der Waals surface area contributed by atoms with Crippen molar-refractivity contribution in [1.82, 2.24) is 0 Å². The van der Waals surface area contributed by atoms with Crippen LogP contribution in [0.25, 0.3) is 0 Å². The van der Waals surface area contributed by atoms with Gasteiger partial charge in [-0.1, -0.05) is 19.3 Å². The van der Waals surface area contributed by atoms with E-state index in [0.29, 0.717) is 11.5 Å². The number of hydrogen-bond acceptors (Lipinski definition) is 3. The first-order valence-corrected chi connectivity index (χ1v) is 7.76. The van der Waals surface area contributed by atoms with E-state index in [2.05, 4.69) is 11.4 Å². The van der Waals surface area contributed by atoms with Crippen LogP contribution in [0, 0.1) is 5.41 Å². The second-order valence-electron chi connectivity index (χ2n) is 6.22. The summed E-state index contributed by atoms with van der Waals surface area (Å²) in [5, 5.41) is 3.73. The third-order valence-corrected chi connectivity index (χ3v) is 5.26. The molecule has 1 N–H and O–H groups in total. The zero-order valence-corrected chi connectivity index (χ0v) is 12.6. The molecule has 1 aromatic rings. The molecule has 0 aliphatic heterocycles. The van der Waals surface area contributed by atoms with Crippen LogP contribution in [0.2, 0.25) is 0 Å². The monoisotopic (exact) mass is 275 g/mol. The van der Waals surface area contributed by atoms with E-state index in [1.165, 1.54) is 44.9 Å². The van der Waals surface area contributed by atoms with Crippen molar-refractivity contribution < 1.29 is 9.47 Å². The minimum Gasteiger partial charge on any atom is -0.497 e. The summed E-state index contributed by atoms with van der Waals surface area (Å²) in [5.74, 6) is 1.72. The maximum Gasteiger partial charge on any atom is 0.145 e. The number of anilines is 1. The maximum absolute atomic E-state index is 5.49. The van der Waals surface area contributed by atoms with E-state index < -0.39 is 0 Å². The lowest BCUT2D eigenvalue weighted by Crippen LogP contribution is -2.50. The zero-order valence-electron chi connectivity index (χ0n) is 12.6. The highest BCUT2D eigenvalue weighted by molar-refractivity contribution is 5.60. The molecule has 0 amide bonds. The van der Waals surface area contributed by atoms with E-state index in [0.717, 1.165) is 17.2 Å². The smallest absolute Gasteiger partial charge is 0.145 e. The molecule has 1 spiro atoms. The molecule has 110 valence electrons. The summed E-state index contributed by atoms with van der Waals surface area (Å²) in [4.78, 5) is 0.